The van der Waals surface area contributed by atoms with Crippen LogP contribution in [0, 0.1) is 0 Å². The predicted molar refractivity (Wildman–Crippen MR) is 249 cm³/mol. The third-order valence-corrected chi connectivity index (χ3v) is 12.1. The van der Waals surface area contributed by atoms with Gasteiger partial charge in [0.15, 0.2) is 6.10 Å². The minimum absolute atomic E-state index is 0.0470. The van der Waals surface area contributed by atoms with E-state index in [2.05, 4.69) is 62.5 Å². The van der Waals surface area contributed by atoms with Crippen molar-refractivity contribution in [3.63, 3.8) is 0 Å². The number of ether oxygens (including phenoxy) is 2. The molecule has 0 aromatic carbocycles. The molecule has 6 N–H and O–H groups in total. The quantitative estimate of drug-likeness (QED) is 0.0147. The number of carbonyl (C=O) groups excluding carboxylic acids is 2. The van der Waals surface area contributed by atoms with Crippen molar-refractivity contribution in [2.75, 3.05) is 13.2 Å². The average Bonchev–Trinajstić information content (AvgIpc) is 3.26. The van der Waals surface area contributed by atoms with Crippen LogP contribution in [0.1, 0.15) is 194 Å². The van der Waals surface area contributed by atoms with Crippen LogP contribution in [0.3, 0.4) is 0 Å². The zero-order chi connectivity index (χ0) is 46.4. The maximum absolute atomic E-state index is 12.8. The molecule has 0 aromatic rings. The number of phosphoric acid groups is 1. The summed E-state index contributed by atoms with van der Waals surface area (Å²) in [4.78, 5) is 35.7. The number of hydrogen-bond donors (Lipinski definition) is 6. The van der Waals surface area contributed by atoms with E-state index in [1.54, 1.807) is 0 Å². The fourth-order valence-corrected chi connectivity index (χ4v) is 8.14. The number of phosphoric ester groups is 1. The van der Waals surface area contributed by atoms with Gasteiger partial charge in [0, 0.05) is 12.8 Å². The molecule has 0 aliphatic heterocycles. The van der Waals surface area contributed by atoms with E-state index < -0.39 is 75.7 Å². The van der Waals surface area contributed by atoms with Gasteiger partial charge in [0.2, 0.25) is 0 Å². The van der Waals surface area contributed by atoms with Crippen LogP contribution >= 0.6 is 7.82 Å². The Labute approximate surface area is 380 Å². The Morgan fingerprint density at radius 3 is 1.38 bits per heavy atom. The van der Waals surface area contributed by atoms with Crippen molar-refractivity contribution in [2.45, 2.75) is 236 Å². The standard InChI is InChI=1S/C49H87O13P/c1-3-5-7-9-11-13-15-17-19-20-21-22-24-25-27-29-31-33-35-37-42(50)59-39-41(40-60-63(57,58)62-49-47(55)45(53)44(52)46(54)48(49)56)61-43(51)38-36-34-32-30-28-26-23-18-16-14-12-10-8-6-4-2/h12,14,17-19,23,28,30,41,44-49,52-56H,3-11,13,15-16,20-22,24-27,29,31-40H2,1-2H3,(H,57,58)/b14-12+,19-17+,23-18+,30-28+/t41-,44?,45-,46?,47?,48?,49?/m0/s1. The molecule has 14 heteroatoms. The maximum atomic E-state index is 12.8. The molecule has 366 valence electrons. The van der Waals surface area contributed by atoms with Crippen LogP contribution in [-0.4, -0.2) is 98.3 Å². The van der Waals surface area contributed by atoms with Crippen molar-refractivity contribution < 1.29 is 63.1 Å². The minimum Gasteiger partial charge on any atom is -0.462 e. The van der Waals surface area contributed by atoms with E-state index in [1.807, 2.05) is 0 Å². The third kappa shape index (κ3) is 31.4. The summed E-state index contributed by atoms with van der Waals surface area (Å²) >= 11 is 0. The molecule has 1 aliphatic rings. The summed E-state index contributed by atoms with van der Waals surface area (Å²) < 4.78 is 33.5. The van der Waals surface area contributed by atoms with Crippen molar-refractivity contribution in [2.24, 2.45) is 0 Å². The fourth-order valence-electron chi connectivity index (χ4n) is 7.17. The monoisotopic (exact) mass is 915 g/mol. The Bertz CT molecular complexity index is 1290. The van der Waals surface area contributed by atoms with E-state index in [0.29, 0.717) is 12.8 Å². The first kappa shape index (κ1) is 58.8. The van der Waals surface area contributed by atoms with Gasteiger partial charge in [-0.25, -0.2) is 4.57 Å². The summed E-state index contributed by atoms with van der Waals surface area (Å²) in [6.45, 7) is 3.24. The molecular formula is C49H87O13P. The molecule has 0 heterocycles. The highest BCUT2D eigenvalue weighted by Gasteiger charge is 2.51. The second-order valence-electron chi connectivity index (χ2n) is 17.0. The smallest absolute Gasteiger partial charge is 0.462 e. The molecule has 13 nitrogen and oxygen atoms in total. The van der Waals surface area contributed by atoms with Gasteiger partial charge < -0.3 is 39.9 Å². The van der Waals surface area contributed by atoms with E-state index in [-0.39, 0.29) is 12.8 Å². The van der Waals surface area contributed by atoms with Crippen molar-refractivity contribution in [3.05, 3.63) is 48.6 Å². The molecule has 1 rings (SSSR count). The number of rotatable bonds is 40. The van der Waals surface area contributed by atoms with Crippen LogP contribution in [0.15, 0.2) is 48.6 Å². The van der Waals surface area contributed by atoms with Gasteiger partial charge in [-0.2, -0.15) is 0 Å². The number of allylic oxidation sites excluding steroid dienone is 8. The zero-order valence-corrected chi connectivity index (χ0v) is 39.8. The normalized spacial score (nSPS) is 22.1. The van der Waals surface area contributed by atoms with Gasteiger partial charge in [0.25, 0.3) is 0 Å². The van der Waals surface area contributed by atoms with E-state index in [0.717, 1.165) is 64.2 Å². The minimum atomic E-state index is -5.13. The molecule has 0 aromatic heterocycles. The lowest BCUT2D eigenvalue weighted by Gasteiger charge is -2.41. The summed E-state index contributed by atoms with van der Waals surface area (Å²) in [5, 5.41) is 50.2. The molecule has 0 spiro atoms. The van der Waals surface area contributed by atoms with E-state index in [1.165, 1.54) is 89.9 Å². The maximum Gasteiger partial charge on any atom is 0.472 e. The second-order valence-corrected chi connectivity index (χ2v) is 18.4. The zero-order valence-electron chi connectivity index (χ0n) is 38.9. The molecule has 0 radical (unpaired) electrons. The Balaban J connectivity index is 2.44. The molecule has 1 fully saturated rings. The van der Waals surface area contributed by atoms with Gasteiger partial charge in [0.1, 0.15) is 43.2 Å². The summed E-state index contributed by atoms with van der Waals surface area (Å²) in [7, 11) is -5.13. The molecule has 63 heavy (non-hydrogen) atoms. The molecule has 8 atom stereocenters. The number of aliphatic hydroxyl groups excluding tert-OH is 5. The number of esters is 2. The molecule has 6 unspecified atom stereocenters. The van der Waals surface area contributed by atoms with Gasteiger partial charge in [-0.3, -0.25) is 18.6 Å². The van der Waals surface area contributed by atoms with Crippen molar-refractivity contribution in [3.8, 4) is 0 Å². The van der Waals surface area contributed by atoms with Crippen molar-refractivity contribution in [1.82, 2.24) is 0 Å². The molecule has 0 bridgehead atoms. The first-order valence-electron chi connectivity index (χ1n) is 24.4. The molecule has 1 aliphatic carbocycles. The Morgan fingerprint density at radius 2 is 0.857 bits per heavy atom. The van der Waals surface area contributed by atoms with Crippen LogP contribution in [-0.2, 0) is 32.7 Å². The number of carbonyl (C=O) groups is 2. The lowest BCUT2D eigenvalue weighted by Crippen LogP contribution is -2.64. The summed E-state index contributed by atoms with van der Waals surface area (Å²) in [5.74, 6) is -1.15. The fraction of sp³-hybridized carbons (Fsp3) is 0.796. The van der Waals surface area contributed by atoms with Crippen LogP contribution in [0.25, 0.3) is 0 Å². The topological polar surface area (TPSA) is 210 Å². The summed E-state index contributed by atoms with van der Waals surface area (Å²) in [5.41, 5.74) is 0. The predicted octanol–water partition coefficient (Wildman–Crippen LogP) is 9.95. The van der Waals surface area contributed by atoms with E-state index in [4.69, 9.17) is 18.5 Å². The largest absolute Gasteiger partial charge is 0.472 e. The highest BCUT2D eigenvalue weighted by molar-refractivity contribution is 7.47. The highest BCUT2D eigenvalue weighted by Crippen LogP contribution is 2.47. The Morgan fingerprint density at radius 1 is 0.492 bits per heavy atom. The molecule has 0 saturated heterocycles. The molecule has 1 saturated carbocycles. The SMILES string of the molecule is CCCCC/C=C/C/C=C/C/C=C/CCCCC(=O)O[C@@H](COC(=O)CCCCCCCCCCC/C=C/CCCCCCCC)COP(=O)(O)OC1C(O)C(O)C(O)[C@H](O)C1O. The van der Waals surface area contributed by atoms with Crippen LogP contribution in [0.5, 0.6) is 0 Å². The first-order chi connectivity index (χ1) is 30.4. The van der Waals surface area contributed by atoms with Crippen molar-refractivity contribution >= 4 is 19.8 Å². The number of unbranched alkanes of at least 4 members (excludes halogenated alkanes) is 20. The average molecular weight is 915 g/mol. The van der Waals surface area contributed by atoms with Crippen LogP contribution in [0.4, 0.5) is 0 Å². The van der Waals surface area contributed by atoms with Gasteiger partial charge in [-0.05, 0) is 77.0 Å². The number of hydrogen-bond acceptors (Lipinski definition) is 12. The Kier molecular flexibility index (Phi) is 36.4. The van der Waals surface area contributed by atoms with Gasteiger partial charge in [-0.15, -0.1) is 0 Å². The van der Waals surface area contributed by atoms with E-state index >= 15 is 0 Å². The summed E-state index contributed by atoms with van der Waals surface area (Å²) in [6, 6.07) is 0. The number of aliphatic hydroxyl groups is 5. The highest BCUT2D eigenvalue weighted by atomic mass is 31.2. The summed E-state index contributed by atoms with van der Waals surface area (Å²) in [6.07, 6.45) is 33.1. The van der Waals surface area contributed by atoms with Crippen molar-refractivity contribution in [1.29, 1.82) is 0 Å². The van der Waals surface area contributed by atoms with E-state index in [9.17, 15) is 44.6 Å². The van der Waals surface area contributed by atoms with Gasteiger partial charge in [0.05, 0.1) is 6.61 Å². The Hall–Kier alpha value is -2.19. The second kappa shape index (κ2) is 39.0. The van der Waals surface area contributed by atoms with Gasteiger partial charge >= 0.3 is 19.8 Å². The van der Waals surface area contributed by atoms with Gasteiger partial charge in [-0.1, -0.05) is 152 Å². The van der Waals surface area contributed by atoms with Crippen LogP contribution < -0.4 is 0 Å². The van der Waals surface area contributed by atoms with Crippen LogP contribution in [0.2, 0.25) is 0 Å². The lowest BCUT2D eigenvalue weighted by atomic mass is 9.85. The first-order valence-corrected chi connectivity index (χ1v) is 25.9. The molecule has 0 amide bonds. The molecular weight excluding hydrogens is 828 g/mol. The third-order valence-electron chi connectivity index (χ3n) is 11.1. The lowest BCUT2D eigenvalue weighted by molar-refractivity contribution is -0.220.